The number of hydrogen-bond donors (Lipinski definition) is 0. The van der Waals surface area contributed by atoms with E-state index in [1.807, 2.05) is 30.7 Å². The highest BCUT2D eigenvalue weighted by atomic mass is 79.9. The summed E-state index contributed by atoms with van der Waals surface area (Å²) in [5.41, 5.74) is 0.643. The third-order valence-corrected chi connectivity index (χ3v) is 3.14. The Balaban J connectivity index is 2.93. The maximum atomic E-state index is 12.3. The summed E-state index contributed by atoms with van der Waals surface area (Å²) in [5, 5.41) is 8.78. The van der Waals surface area contributed by atoms with Crippen LogP contribution in [0.4, 0.5) is 0 Å². The zero-order valence-corrected chi connectivity index (χ0v) is 12.7. The Morgan fingerprint density at radius 1 is 1.56 bits per heavy atom. The fraction of sp³-hybridized carbons (Fsp3) is 0.538. The van der Waals surface area contributed by atoms with Crippen LogP contribution in [0.2, 0.25) is 0 Å². The molecular weight excluding hydrogens is 294 g/mol. The molecule has 0 N–H and O–H groups in total. The summed E-state index contributed by atoms with van der Waals surface area (Å²) in [6.07, 6.45) is 1.90. The van der Waals surface area contributed by atoms with Gasteiger partial charge in [0.1, 0.15) is 5.69 Å². The lowest BCUT2D eigenvalue weighted by Gasteiger charge is -2.20. The summed E-state index contributed by atoms with van der Waals surface area (Å²) in [6, 6.07) is 4.17. The molecule has 5 heteroatoms. The van der Waals surface area contributed by atoms with Crippen molar-refractivity contribution in [3.05, 3.63) is 22.4 Å². The van der Waals surface area contributed by atoms with E-state index >= 15 is 0 Å². The fourth-order valence-electron chi connectivity index (χ4n) is 1.77. The first kappa shape index (κ1) is 14.8. The molecule has 0 spiro atoms. The number of rotatable bonds is 4. The molecule has 1 heterocycles. The molecule has 0 fully saturated rings. The average molecular weight is 312 g/mol. The number of aromatic nitrogens is 1. The van der Waals surface area contributed by atoms with Gasteiger partial charge in [-0.1, -0.05) is 0 Å². The number of carbonyl (C=O) groups excluding carboxylic acids is 1. The summed E-state index contributed by atoms with van der Waals surface area (Å²) in [7, 11) is 1.72. The largest absolute Gasteiger partial charge is 0.340 e. The minimum absolute atomic E-state index is 0.0588. The lowest BCUT2D eigenvalue weighted by Crippen LogP contribution is -2.32. The van der Waals surface area contributed by atoms with Gasteiger partial charge in [0.05, 0.1) is 12.0 Å². The van der Waals surface area contributed by atoms with Gasteiger partial charge in [-0.05, 0) is 42.8 Å². The predicted molar refractivity (Wildman–Crippen MR) is 74.3 cm³/mol. The van der Waals surface area contributed by atoms with Gasteiger partial charge in [0, 0.05) is 30.3 Å². The first-order chi connectivity index (χ1) is 8.36. The van der Waals surface area contributed by atoms with Crippen LogP contribution in [0.1, 0.15) is 37.3 Å². The molecule has 1 aromatic heterocycles. The molecule has 4 nitrogen and oxygen atoms in total. The normalized spacial score (nSPS) is 12.3. The Bertz CT molecular complexity index is 473. The van der Waals surface area contributed by atoms with Crippen LogP contribution in [0.5, 0.6) is 0 Å². The van der Waals surface area contributed by atoms with E-state index in [0.717, 1.165) is 4.47 Å². The second-order valence-corrected chi connectivity index (χ2v) is 5.68. The third kappa shape index (κ3) is 3.36. The van der Waals surface area contributed by atoms with Gasteiger partial charge in [-0.25, -0.2) is 0 Å². The van der Waals surface area contributed by atoms with Gasteiger partial charge in [-0.15, -0.1) is 0 Å². The molecule has 0 aromatic carbocycles. The van der Waals surface area contributed by atoms with Crippen molar-refractivity contribution in [3.8, 4) is 6.07 Å². The summed E-state index contributed by atoms with van der Waals surface area (Å²) in [6.45, 7) is 6.31. The SMILES string of the molecule is CC(C#N)CN(C)C(=O)c1cc(Br)cn1C(C)C. The van der Waals surface area contributed by atoms with E-state index in [2.05, 4.69) is 22.0 Å². The maximum absolute atomic E-state index is 12.3. The Morgan fingerprint density at radius 2 is 2.17 bits per heavy atom. The molecular formula is C13H18BrN3O. The zero-order chi connectivity index (χ0) is 13.9. The van der Waals surface area contributed by atoms with Gasteiger partial charge in [-0.3, -0.25) is 4.79 Å². The first-order valence-corrected chi connectivity index (χ1v) is 6.68. The Labute approximate surface area is 116 Å². The van der Waals surface area contributed by atoms with E-state index in [1.54, 1.807) is 18.9 Å². The quantitative estimate of drug-likeness (QED) is 0.858. The number of nitrogens with zero attached hydrogens (tertiary/aromatic N) is 3. The highest BCUT2D eigenvalue weighted by molar-refractivity contribution is 9.10. The molecule has 98 valence electrons. The molecule has 0 saturated heterocycles. The smallest absolute Gasteiger partial charge is 0.270 e. The molecule has 0 saturated carbocycles. The molecule has 0 bridgehead atoms. The van der Waals surface area contributed by atoms with Crippen LogP contribution in [0, 0.1) is 17.2 Å². The van der Waals surface area contributed by atoms with Gasteiger partial charge in [0.25, 0.3) is 5.91 Å². The Morgan fingerprint density at radius 3 is 2.67 bits per heavy atom. The second-order valence-electron chi connectivity index (χ2n) is 4.76. The summed E-state index contributed by atoms with van der Waals surface area (Å²) in [4.78, 5) is 13.9. The van der Waals surface area contributed by atoms with E-state index < -0.39 is 0 Å². The van der Waals surface area contributed by atoms with E-state index in [1.165, 1.54) is 0 Å². The Hall–Kier alpha value is -1.28. The number of halogens is 1. The van der Waals surface area contributed by atoms with Crippen molar-refractivity contribution in [2.45, 2.75) is 26.8 Å². The highest BCUT2D eigenvalue weighted by Crippen LogP contribution is 2.20. The summed E-state index contributed by atoms with van der Waals surface area (Å²) >= 11 is 3.39. The van der Waals surface area contributed by atoms with Crippen molar-refractivity contribution >= 4 is 21.8 Å². The van der Waals surface area contributed by atoms with Gasteiger partial charge in [-0.2, -0.15) is 5.26 Å². The number of carbonyl (C=O) groups is 1. The van der Waals surface area contributed by atoms with Gasteiger partial charge in [0.15, 0.2) is 0 Å². The maximum Gasteiger partial charge on any atom is 0.270 e. The topological polar surface area (TPSA) is 49.0 Å². The molecule has 0 aliphatic carbocycles. The number of amides is 1. The minimum Gasteiger partial charge on any atom is -0.340 e. The molecule has 1 unspecified atom stereocenters. The van der Waals surface area contributed by atoms with E-state index in [9.17, 15) is 4.79 Å². The van der Waals surface area contributed by atoms with E-state index in [-0.39, 0.29) is 17.9 Å². The van der Waals surface area contributed by atoms with Crippen LogP contribution in [0.3, 0.4) is 0 Å². The number of nitriles is 1. The number of hydrogen-bond acceptors (Lipinski definition) is 2. The van der Waals surface area contributed by atoms with Crippen LogP contribution < -0.4 is 0 Å². The second kappa shape index (κ2) is 6.05. The monoisotopic (exact) mass is 311 g/mol. The predicted octanol–water partition coefficient (Wildman–Crippen LogP) is 3.06. The lowest BCUT2D eigenvalue weighted by atomic mass is 10.2. The van der Waals surface area contributed by atoms with Crippen molar-refractivity contribution in [3.63, 3.8) is 0 Å². The lowest BCUT2D eigenvalue weighted by molar-refractivity contribution is 0.0773. The summed E-state index contributed by atoms with van der Waals surface area (Å²) < 4.78 is 2.82. The van der Waals surface area contributed by atoms with E-state index in [0.29, 0.717) is 12.2 Å². The first-order valence-electron chi connectivity index (χ1n) is 5.89. The van der Waals surface area contributed by atoms with Crippen LogP contribution in [-0.4, -0.2) is 29.0 Å². The fourth-order valence-corrected chi connectivity index (χ4v) is 2.21. The molecule has 1 rings (SSSR count). The Kier molecular flexibility index (Phi) is 4.97. The van der Waals surface area contributed by atoms with Crippen LogP contribution in [0.25, 0.3) is 0 Å². The van der Waals surface area contributed by atoms with Gasteiger partial charge < -0.3 is 9.47 Å². The van der Waals surface area contributed by atoms with Gasteiger partial charge >= 0.3 is 0 Å². The van der Waals surface area contributed by atoms with Crippen LogP contribution in [-0.2, 0) is 0 Å². The minimum atomic E-state index is -0.162. The molecule has 0 aliphatic heterocycles. The van der Waals surface area contributed by atoms with Gasteiger partial charge in [0.2, 0.25) is 0 Å². The zero-order valence-electron chi connectivity index (χ0n) is 11.1. The van der Waals surface area contributed by atoms with E-state index in [4.69, 9.17) is 5.26 Å². The summed E-state index contributed by atoms with van der Waals surface area (Å²) in [5.74, 6) is -0.221. The highest BCUT2D eigenvalue weighted by Gasteiger charge is 2.19. The molecule has 18 heavy (non-hydrogen) atoms. The molecule has 0 aliphatic rings. The molecule has 0 radical (unpaired) electrons. The van der Waals surface area contributed by atoms with Crippen molar-refractivity contribution in [2.24, 2.45) is 5.92 Å². The van der Waals surface area contributed by atoms with Crippen molar-refractivity contribution in [1.29, 1.82) is 5.26 Å². The van der Waals surface area contributed by atoms with Crippen LogP contribution in [0.15, 0.2) is 16.7 Å². The van der Waals surface area contributed by atoms with Crippen molar-refractivity contribution < 1.29 is 4.79 Å². The molecule has 1 amide bonds. The molecule has 1 atom stereocenters. The van der Waals surface area contributed by atoms with Crippen molar-refractivity contribution in [2.75, 3.05) is 13.6 Å². The third-order valence-electron chi connectivity index (χ3n) is 2.71. The van der Waals surface area contributed by atoms with Crippen LogP contribution >= 0.6 is 15.9 Å². The van der Waals surface area contributed by atoms with Crippen molar-refractivity contribution in [1.82, 2.24) is 9.47 Å². The average Bonchev–Trinajstić information content (AvgIpc) is 2.70. The molecule has 1 aromatic rings. The standard InChI is InChI=1S/C13H18BrN3O/c1-9(2)17-8-11(14)5-12(17)13(18)16(4)7-10(3)6-15/h5,8-10H,7H2,1-4H3.